The van der Waals surface area contributed by atoms with Gasteiger partial charge in [-0.3, -0.25) is 4.79 Å². The fraction of sp³-hybridized carbons (Fsp3) is 0.467. The third-order valence-corrected chi connectivity index (χ3v) is 3.75. The van der Waals surface area contributed by atoms with E-state index in [9.17, 15) is 4.79 Å². The summed E-state index contributed by atoms with van der Waals surface area (Å²) >= 11 is 3.42. The molecular formula is C15H19BrN2O2. The first-order valence-corrected chi connectivity index (χ1v) is 7.22. The quantitative estimate of drug-likeness (QED) is 0.827. The first-order valence-electron chi connectivity index (χ1n) is 6.43. The van der Waals surface area contributed by atoms with Crippen molar-refractivity contribution >= 4 is 21.8 Å². The van der Waals surface area contributed by atoms with Gasteiger partial charge in [0.05, 0.1) is 17.0 Å². The van der Waals surface area contributed by atoms with Gasteiger partial charge >= 0.3 is 0 Å². The lowest BCUT2D eigenvalue weighted by Gasteiger charge is -2.26. The molecular weight excluding hydrogens is 320 g/mol. The van der Waals surface area contributed by atoms with Crippen molar-refractivity contribution in [3.63, 3.8) is 0 Å². The molecule has 0 bridgehead atoms. The number of halogens is 1. The Morgan fingerprint density at radius 3 is 2.70 bits per heavy atom. The number of nitriles is 1. The van der Waals surface area contributed by atoms with Crippen molar-refractivity contribution in [2.75, 3.05) is 7.05 Å². The maximum atomic E-state index is 12.2. The van der Waals surface area contributed by atoms with Gasteiger partial charge < -0.3 is 9.64 Å². The van der Waals surface area contributed by atoms with Crippen LogP contribution in [0.15, 0.2) is 22.7 Å². The lowest BCUT2D eigenvalue weighted by molar-refractivity contribution is -0.138. The van der Waals surface area contributed by atoms with Crippen LogP contribution in [0.5, 0.6) is 5.75 Å². The third kappa shape index (κ3) is 4.24. The van der Waals surface area contributed by atoms with Crippen molar-refractivity contribution in [2.45, 2.75) is 39.3 Å². The second kappa shape index (κ2) is 7.30. The molecule has 5 heteroatoms. The predicted molar refractivity (Wildman–Crippen MR) is 81.4 cm³/mol. The Morgan fingerprint density at radius 2 is 2.15 bits per heavy atom. The number of ether oxygens (including phenoxy) is 1. The molecule has 2 unspecified atom stereocenters. The number of nitrogens with zero attached hydrogens (tertiary/aromatic N) is 2. The molecule has 1 amide bonds. The summed E-state index contributed by atoms with van der Waals surface area (Å²) in [6, 6.07) is 7.64. The highest BCUT2D eigenvalue weighted by atomic mass is 79.9. The summed E-state index contributed by atoms with van der Waals surface area (Å²) in [4.78, 5) is 13.8. The molecule has 0 spiro atoms. The first kappa shape index (κ1) is 16.5. The molecule has 2 atom stereocenters. The van der Waals surface area contributed by atoms with Gasteiger partial charge in [-0.2, -0.15) is 5.26 Å². The van der Waals surface area contributed by atoms with E-state index < -0.39 is 6.10 Å². The molecule has 1 rings (SSSR count). The summed E-state index contributed by atoms with van der Waals surface area (Å²) in [5.74, 6) is 0.498. The van der Waals surface area contributed by atoms with E-state index in [0.29, 0.717) is 12.2 Å². The average molecular weight is 339 g/mol. The molecule has 1 aromatic carbocycles. The van der Waals surface area contributed by atoms with Crippen LogP contribution in [0.1, 0.15) is 25.8 Å². The zero-order chi connectivity index (χ0) is 15.3. The Morgan fingerprint density at radius 1 is 1.50 bits per heavy atom. The monoisotopic (exact) mass is 338 g/mol. The van der Waals surface area contributed by atoms with Crippen LogP contribution in [0.25, 0.3) is 0 Å². The number of hydrogen-bond acceptors (Lipinski definition) is 3. The lowest BCUT2D eigenvalue weighted by Crippen LogP contribution is -2.42. The second-order valence-electron chi connectivity index (χ2n) is 4.85. The zero-order valence-electron chi connectivity index (χ0n) is 12.2. The maximum Gasteiger partial charge on any atom is 0.263 e. The average Bonchev–Trinajstić information content (AvgIpc) is 2.40. The van der Waals surface area contributed by atoms with Crippen LogP contribution in [0.2, 0.25) is 0 Å². The highest BCUT2D eigenvalue weighted by Gasteiger charge is 2.23. The van der Waals surface area contributed by atoms with E-state index in [1.54, 1.807) is 18.9 Å². The van der Waals surface area contributed by atoms with Gasteiger partial charge in [0.1, 0.15) is 5.75 Å². The third-order valence-electron chi connectivity index (χ3n) is 3.13. The predicted octanol–water partition coefficient (Wildman–Crippen LogP) is 3.29. The van der Waals surface area contributed by atoms with Crippen molar-refractivity contribution in [1.82, 2.24) is 4.90 Å². The van der Waals surface area contributed by atoms with Gasteiger partial charge in [-0.05, 0) is 54.4 Å². The number of carbonyl (C=O) groups is 1. The summed E-state index contributed by atoms with van der Waals surface area (Å²) in [6.07, 6.45) is -0.288. The smallest absolute Gasteiger partial charge is 0.263 e. The summed E-state index contributed by atoms with van der Waals surface area (Å²) in [6.45, 7) is 5.54. The standard InChI is InChI=1S/C15H19BrN2O2/c1-10-5-6-14(13(16)9-10)20-12(3)15(19)18(4)11(2)7-8-17/h5-6,9,11-12H,7H2,1-4H3. The van der Waals surface area contributed by atoms with E-state index in [1.165, 1.54) is 0 Å². The molecule has 4 nitrogen and oxygen atoms in total. The van der Waals surface area contributed by atoms with Gasteiger partial charge in [0.15, 0.2) is 6.10 Å². The summed E-state index contributed by atoms with van der Waals surface area (Å²) in [5.41, 5.74) is 1.11. The Labute approximate surface area is 128 Å². The van der Waals surface area contributed by atoms with Gasteiger partial charge in [-0.15, -0.1) is 0 Å². The maximum absolute atomic E-state index is 12.2. The fourth-order valence-electron chi connectivity index (χ4n) is 1.72. The number of likely N-dealkylation sites (N-methyl/N-ethyl adjacent to an activating group) is 1. The van der Waals surface area contributed by atoms with Crippen LogP contribution in [0.3, 0.4) is 0 Å². The summed E-state index contributed by atoms with van der Waals surface area (Å²) in [5, 5.41) is 8.68. The van der Waals surface area contributed by atoms with Crippen molar-refractivity contribution in [3.05, 3.63) is 28.2 Å². The zero-order valence-corrected chi connectivity index (χ0v) is 13.8. The summed E-state index contributed by atoms with van der Waals surface area (Å²) < 4.78 is 6.51. The molecule has 0 radical (unpaired) electrons. The Bertz CT molecular complexity index is 525. The topological polar surface area (TPSA) is 53.3 Å². The van der Waals surface area contributed by atoms with Crippen LogP contribution < -0.4 is 4.74 Å². The number of rotatable bonds is 5. The number of hydrogen-bond donors (Lipinski definition) is 0. The van der Waals surface area contributed by atoms with Crippen LogP contribution >= 0.6 is 15.9 Å². The molecule has 0 saturated carbocycles. The van der Waals surface area contributed by atoms with Crippen LogP contribution in [-0.2, 0) is 4.79 Å². The molecule has 0 aliphatic heterocycles. The highest BCUT2D eigenvalue weighted by Crippen LogP contribution is 2.27. The van der Waals surface area contributed by atoms with E-state index in [2.05, 4.69) is 22.0 Å². The van der Waals surface area contributed by atoms with Crippen molar-refractivity contribution in [2.24, 2.45) is 0 Å². The largest absolute Gasteiger partial charge is 0.480 e. The number of benzene rings is 1. The SMILES string of the molecule is Cc1ccc(OC(C)C(=O)N(C)C(C)CC#N)c(Br)c1. The normalized spacial score (nSPS) is 13.2. The number of aryl methyl sites for hydroxylation is 1. The minimum Gasteiger partial charge on any atom is -0.480 e. The van der Waals surface area contributed by atoms with Crippen molar-refractivity contribution in [1.29, 1.82) is 5.26 Å². The first-order chi connectivity index (χ1) is 9.36. The molecule has 0 saturated heterocycles. The molecule has 1 aromatic rings. The van der Waals surface area contributed by atoms with Crippen LogP contribution in [0, 0.1) is 18.3 Å². The van der Waals surface area contributed by atoms with Crippen molar-refractivity contribution < 1.29 is 9.53 Å². The van der Waals surface area contributed by atoms with Gasteiger partial charge in [-0.25, -0.2) is 0 Å². The van der Waals surface area contributed by atoms with E-state index in [-0.39, 0.29) is 11.9 Å². The fourth-order valence-corrected chi connectivity index (χ4v) is 2.30. The van der Waals surface area contributed by atoms with Crippen LogP contribution in [-0.4, -0.2) is 30.0 Å². The molecule has 0 fully saturated rings. The number of amides is 1. The summed E-state index contributed by atoms with van der Waals surface area (Å²) in [7, 11) is 1.69. The van der Waals surface area contributed by atoms with Gasteiger partial charge in [-0.1, -0.05) is 6.07 Å². The Hall–Kier alpha value is -1.54. The van der Waals surface area contributed by atoms with E-state index >= 15 is 0 Å². The molecule has 0 aliphatic rings. The lowest BCUT2D eigenvalue weighted by atomic mass is 10.2. The molecule has 0 N–H and O–H groups in total. The van der Waals surface area contributed by atoms with Crippen molar-refractivity contribution in [3.8, 4) is 11.8 Å². The molecule has 0 aliphatic carbocycles. The Balaban J connectivity index is 2.73. The second-order valence-corrected chi connectivity index (χ2v) is 5.71. The minimum absolute atomic E-state index is 0.125. The minimum atomic E-state index is -0.597. The van der Waals surface area contributed by atoms with Crippen LogP contribution in [0.4, 0.5) is 0 Å². The van der Waals surface area contributed by atoms with Gasteiger partial charge in [0.2, 0.25) is 0 Å². The van der Waals surface area contributed by atoms with Gasteiger partial charge in [0, 0.05) is 13.1 Å². The molecule has 0 aromatic heterocycles. The van der Waals surface area contributed by atoms with Gasteiger partial charge in [0.25, 0.3) is 5.91 Å². The van der Waals surface area contributed by atoms with E-state index in [0.717, 1.165) is 10.0 Å². The van der Waals surface area contributed by atoms with E-state index in [1.807, 2.05) is 32.0 Å². The Kier molecular flexibility index (Phi) is 6.03. The molecule has 20 heavy (non-hydrogen) atoms. The number of carbonyl (C=O) groups excluding carboxylic acids is 1. The highest BCUT2D eigenvalue weighted by molar-refractivity contribution is 9.10. The van der Waals surface area contributed by atoms with E-state index in [4.69, 9.17) is 10.00 Å². The molecule has 108 valence electrons. The molecule has 0 heterocycles.